The van der Waals surface area contributed by atoms with Crippen molar-refractivity contribution in [3.63, 3.8) is 0 Å². The molecule has 2 atom stereocenters. The molecule has 0 amide bonds. The molecule has 2 unspecified atom stereocenters. The summed E-state index contributed by atoms with van der Waals surface area (Å²) in [5, 5.41) is 0. The van der Waals surface area contributed by atoms with Crippen LogP contribution in [0.2, 0.25) is 0 Å². The quantitative estimate of drug-likeness (QED) is 0.730. The highest BCUT2D eigenvalue weighted by molar-refractivity contribution is 5.15. The summed E-state index contributed by atoms with van der Waals surface area (Å²) in [4.78, 5) is 0. The van der Waals surface area contributed by atoms with Crippen LogP contribution in [0.3, 0.4) is 0 Å². The van der Waals surface area contributed by atoms with Crippen LogP contribution in [0.4, 0.5) is 0 Å². The summed E-state index contributed by atoms with van der Waals surface area (Å²) in [6.45, 7) is 10.1. The Kier molecular flexibility index (Phi) is 6.48. The molecule has 1 rings (SSSR count). The van der Waals surface area contributed by atoms with Gasteiger partial charge >= 0.3 is 0 Å². The smallest absolute Gasteiger partial charge is 0.0333 e. The van der Waals surface area contributed by atoms with Crippen molar-refractivity contribution in [1.82, 2.24) is 4.57 Å². The van der Waals surface area contributed by atoms with E-state index in [0.717, 1.165) is 12.5 Å². The molecular formula is C16H30N2. The molecule has 0 bridgehead atoms. The molecule has 0 aliphatic carbocycles. The van der Waals surface area contributed by atoms with Gasteiger partial charge in [0.2, 0.25) is 0 Å². The fourth-order valence-electron chi connectivity index (χ4n) is 2.37. The second kappa shape index (κ2) is 7.63. The van der Waals surface area contributed by atoms with Crippen LogP contribution >= 0.6 is 0 Å². The van der Waals surface area contributed by atoms with E-state index in [1.165, 1.54) is 31.2 Å². The largest absolute Gasteiger partial charge is 0.354 e. The van der Waals surface area contributed by atoms with Crippen LogP contribution in [-0.2, 0) is 6.54 Å². The summed E-state index contributed by atoms with van der Waals surface area (Å²) < 4.78 is 2.32. The first-order valence-corrected chi connectivity index (χ1v) is 7.49. The van der Waals surface area contributed by atoms with Crippen molar-refractivity contribution in [3.8, 4) is 0 Å². The Balaban J connectivity index is 2.56. The van der Waals surface area contributed by atoms with Crippen molar-refractivity contribution in [1.29, 1.82) is 0 Å². The summed E-state index contributed by atoms with van der Waals surface area (Å²) in [5.74, 6) is 1.31. The van der Waals surface area contributed by atoms with E-state index in [2.05, 4.69) is 50.7 Å². The fraction of sp³-hybridized carbons (Fsp3) is 0.750. The highest BCUT2D eigenvalue weighted by Gasteiger charge is 2.13. The van der Waals surface area contributed by atoms with E-state index in [9.17, 15) is 0 Å². The van der Waals surface area contributed by atoms with Gasteiger partial charge in [0.05, 0.1) is 0 Å². The molecule has 1 aromatic heterocycles. The van der Waals surface area contributed by atoms with Gasteiger partial charge in [0.25, 0.3) is 0 Å². The van der Waals surface area contributed by atoms with Crippen LogP contribution in [0.5, 0.6) is 0 Å². The molecule has 104 valence electrons. The third kappa shape index (κ3) is 4.49. The minimum atomic E-state index is 0.168. The zero-order valence-electron chi connectivity index (χ0n) is 12.5. The maximum absolute atomic E-state index is 6.18. The van der Waals surface area contributed by atoms with Gasteiger partial charge in [-0.1, -0.05) is 47.0 Å². The van der Waals surface area contributed by atoms with Crippen molar-refractivity contribution < 1.29 is 0 Å². The number of nitrogens with two attached hydrogens (primary N) is 1. The Morgan fingerprint density at radius 2 is 2.00 bits per heavy atom. The Bertz CT molecular complexity index is 328. The van der Waals surface area contributed by atoms with Crippen LogP contribution in [-0.4, -0.2) is 4.57 Å². The normalized spacial score (nSPS) is 15.0. The molecule has 0 fully saturated rings. The summed E-state index contributed by atoms with van der Waals surface area (Å²) in [6, 6.07) is 2.35. The number of nitrogens with zero attached hydrogens (tertiary/aromatic N) is 1. The number of hydrogen-bond acceptors (Lipinski definition) is 1. The molecule has 18 heavy (non-hydrogen) atoms. The lowest BCUT2D eigenvalue weighted by atomic mass is 9.99. The summed E-state index contributed by atoms with van der Waals surface area (Å²) in [6.07, 6.45) is 9.68. The topological polar surface area (TPSA) is 30.9 Å². The molecule has 0 aromatic carbocycles. The van der Waals surface area contributed by atoms with E-state index in [0.29, 0.717) is 5.92 Å². The van der Waals surface area contributed by atoms with Crippen LogP contribution < -0.4 is 5.73 Å². The first-order chi connectivity index (χ1) is 8.58. The van der Waals surface area contributed by atoms with Gasteiger partial charge in [0.15, 0.2) is 0 Å². The molecule has 0 saturated carbocycles. The highest BCUT2D eigenvalue weighted by atomic mass is 14.9. The highest BCUT2D eigenvalue weighted by Crippen LogP contribution is 2.21. The van der Waals surface area contributed by atoms with Crippen LogP contribution in [0, 0.1) is 11.8 Å². The minimum Gasteiger partial charge on any atom is -0.354 e. The molecule has 0 spiro atoms. The van der Waals surface area contributed by atoms with Crippen molar-refractivity contribution in [2.75, 3.05) is 0 Å². The van der Waals surface area contributed by atoms with Crippen molar-refractivity contribution in [3.05, 3.63) is 24.0 Å². The van der Waals surface area contributed by atoms with E-state index < -0.39 is 0 Å². The van der Waals surface area contributed by atoms with Crippen molar-refractivity contribution in [2.24, 2.45) is 17.6 Å². The zero-order valence-corrected chi connectivity index (χ0v) is 12.5. The molecule has 2 N–H and O–H groups in total. The molecule has 1 heterocycles. The number of aromatic nitrogens is 1. The van der Waals surface area contributed by atoms with Gasteiger partial charge in [-0.25, -0.2) is 0 Å². The van der Waals surface area contributed by atoms with E-state index >= 15 is 0 Å². The third-order valence-electron chi connectivity index (χ3n) is 3.89. The molecule has 0 aliphatic heterocycles. The molecule has 1 aromatic rings. The van der Waals surface area contributed by atoms with Gasteiger partial charge in [-0.2, -0.15) is 0 Å². The van der Waals surface area contributed by atoms with Crippen LogP contribution in [0.25, 0.3) is 0 Å². The van der Waals surface area contributed by atoms with Gasteiger partial charge in [0, 0.05) is 25.0 Å². The lowest BCUT2D eigenvalue weighted by Gasteiger charge is -2.16. The zero-order chi connectivity index (χ0) is 13.5. The van der Waals surface area contributed by atoms with E-state index in [1.54, 1.807) is 0 Å². The van der Waals surface area contributed by atoms with Crippen molar-refractivity contribution >= 4 is 0 Å². The average Bonchev–Trinajstić information content (AvgIpc) is 2.81. The predicted molar refractivity (Wildman–Crippen MR) is 79.5 cm³/mol. The molecule has 2 heteroatoms. The SMILES string of the molecule is CCCCC(CC)Cn1ccc(C(N)C(C)C)c1. The fourth-order valence-corrected chi connectivity index (χ4v) is 2.37. The number of hydrogen-bond donors (Lipinski definition) is 1. The first kappa shape index (κ1) is 15.3. The lowest BCUT2D eigenvalue weighted by molar-refractivity contribution is 0.390. The van der Waals surface area contributed by atoms with Crippen LogP contribution in [0.15, 0.2) is 18.5 Å². The Morgan fingerprint density at radius 1 is 1.28 bits per heavy atom. The molecular weight excluding hydrogens is 220 g/mol. The second-order valence-electron chi connectivity index (χ2n) is 5.83. The molecule has 0 aliphatic rings. The van der Waals surface area contributed by atoms with Gasteiger partial charge in [0.1, 0.15) is 0 Å². The molecule has 2 nitrogen and oxygen atoms in total. The number of unbranched alkanes of at least 4 members (excludes halogenated alkanes) is 1. The van der Waals surface area contributed by atoms with Gasteiger partial charge in [-0.05, 0) is 29.9 Å². The third-order valence-corrected chi connectivity index (χ3v) is 3.89. The summed E-state index contributed by atoms with van der Waals surface area (Å²) >= 11 is 0. The van der Waals surface area contributed by atoms with Gasteiger partial charge < -0.3 is 10.3 Å². The maximum Gasteiger partial charge on any atom is 0.0333 e. The average molecular weight is 250 g/mol. The predicted octanol–water partition coefficient (Wildman–Crippen LogP) is 4.36. The molecule has 0 radical (unpaired) electrons. The van der Waals surface area contributed by atoms with E-state index in [-0.39, 0.29) is 6.04 Å². The second-order valence-corrected chi connectivity index (χ2v) is 5.83. The van der Waals surface area contributed by atoms with Crippen molar-refractivity contribution in [2.45, 2.75) is 66.0 Å². The Hall–Kier alpha value is -0.760. The lowest BCUT2D eigenvalue weighted by Crippen LogP contribution is -2.16. The molecule has 0 saturated heterocycles. The van der Waals surface area contributed by atoms with E-state index in [4.69, 9.17) is 5.73 Å². The minimum absolute atomic E-state index is 0.168. The first-order valence-electron chi connectivity index (χ1n) is 7.49. The Labute approximate surface area is 113 Å². The van der Waals surface area contributed by atoms with Crippen LogP contribution in [0.1, 0.15) is 65.0 Å². The Morgan fingerprint density at radius 3 is 2.56 bits per heavy atom. The maximum atomic E-state index is 6.18. The standard InChI is InChI=1S/C16H30N2/c1-5-7-8-14(6-2)11-18-10-9-15(12-18)16(17)13(3)4/h9-10,12-14,16H,5-8,11,17H2,1-4H3. The summed E-state index contributed by atoms with van der Waals surface area (Å²) in [7, 11) is 0. The monoisotopic (exact) mass is 250 g/mol. The van der Waals surface area contributed by atoms with Gasteiger partial charge in [-0.3, -0.25) is 0 Å². The van der Waals surface area contributed by atoms with Gasteiger partial charge in [-0.15, -0.1) is 0 Å². The number of rotatable bonds is 8. The summed E-state index contributed by atoms with van der Waals surface area (Å²) in [5.41, 5.74) is 7.45. The van der Waals surface area contributed by atoms with E-state index in [1.807, 2.05) is 0 Å².